The number of rotatable bonds is 3. The van der Waals surface area contributed by atoms with Crippen LogP contribution in [0.2, 0.25) is 0 Å². The van der Waals surface area contributed by atoms with E-state index in [1.54, 1.807) is 11.8 Å². The maximum absolute atomic E-state index is 2.16. The van der Waals surface area contributed by atoms with Crippen molar-refractivity contribution < 1.29 is 0 Å². The monoisotopic (exact) mass is 168 g/mol. The largest absolute Gasteiger partial charge is 0.137 e. The van der Waals surface area contributed by atoms with Gasteiger partial charge in [-0.3, -0.25) is 0 Å². The van der Waals surface area contributed by atoms with Crippen molar-refractivity contribution in [1.29, 1.82) is 0 Å². The molecule has 0 saturated heterocycles. The summed E-state index contributed by atoms with van der Waals surface area (Å²) in [7, 11) is 0. The van der Waals surface area contributed by atoms with Gasteiger partial charge in [0, 0.05) is 0 Å². The second kappa shape index (κ2) is 6.29. The first kappa shape index (κ1) is 10.6. The highest BCUT2D eigenvalue weighted by atomic mass is 32.2. The average Bonchev–Trinajstić information content (AvgIpc) is 2.00. The minimum Gasteiger partial charge on any atom is -0.137 e. The quantitative estimate of drug-likeness (QED) is 0.578. The molecule has 0 aromatic rings. The zero-order chi connectivity index (χ0) is 8.69. The summed E-state index contributed by atoms with van der Waals surface area (Å²) in [4.78, 5) is 0. The fourth-order valence-electron chi connectivity index (χ4n) is 0.642. The number of hydrogen-bond acceptors (Lipinski definition) is 1. The Hall–Kier alpha value is -0.430. The molecule has 1 heteroatoms. The summed E-state index contributed by atoms with van der Waals surface area (Å²) in [6.07, 6.45) is 8.30. The minimum atomic E-state index is 1.33. The van der Waals surface area contributed by atoms with Crippen molar-refractivity contribution >= 4 is 11.8 Å². The zero-order valence-electron chi connectivity index (χ0n) is 7.72. The van der Waals surface area contributed by atoms with Crippen LogP contribution in [0.5, 0.6) is 0 Å². The number of thioether (sulfide) groups is 1. The molecule has 0 aromatic heterocycles. The van der Waals surface area contributed by atoms with E-state index in [-0.39, 0.29) is 0 Å². The van der Waals surface area contributed by atoms with Crippen LogP contribution in [0, 0.1) is 0 Å². The molecular formula is C10H16S. The molecular weight excluding hydrogens is 152 g/mol. The molecule has 0 radical (unpaired) electrons. The molecule has 0 aliphatic heterocycles. The van der Waals surface area contributed by atoms with Crippen LogP contribution in [-0.2, 0) is 0 Å². The fourth-order valence-corrected chi connectivity index (χ4v) is 1.18. The van der Waals surface area contributed by atoms with Crippen molar-refractivity contribution in [2.24, 2.45) is 0 Å². The molecule has 0 unspecified atom stereocenters. The predicted molar refractivity (Wildman–Crippen MR) is 55.8 cm³/mol. The summed E-state index contributed by atoms with van der Waals surface area (Å²) in [6, 6.07) is 0. The SMILES string of the molecule is CC=CC=C(C)C(C)=CSC. The first-order chi connectivity index (χ1) is 5.22. The van der Waals surface area contributed by atoms with Gasteiger partial charge in [-0.05, 0) is 43.6 Å². The van der Waals surface area contributed by atoms with Crippen molar-refractivity contribution in [3.05, 3.63) is 34.8 Å². The lowest BCUT2D eigenvalue weighted by atomic mass is 10.1. The Morgan fingerprint density at radius 3 is 2.27 bits per heavy atom. The third kappa shape index (κ3) is 4.91. The molecule has 0 aliphatic rings. The van der Waals surface area contributed by atoms with Gasteiger partial charge in [0.25, 0.3) is 0 Å². The van der Waals surface area contributed by atoms with Crippen LogP contribution in [0.4, 0.5) is 0 Å². The third-order valence-corrected chi connectivity index (χ3v) is 2.04. The number of allylic oxidation sites excluding steroid dienone is 5. The van der Waals surface area contributed by atoms with E-state index in [2.05, 4.69) is 37.7 Å². The van der Waals surface area contributed by atoms with Crippen LogP contribution >= 0.6 is 11.8 Å². The molecule has 0 heterocycles. The van der Waals surface area contributed by atoms with Crippen LogP contribution in [-0.4, -0.2) is 6.26 Å². The van der Waals surface area contributed by atoms with Crippen LogP contribution in [0.1, 0.15) is 20.8 Å². The smallest absolute Gasteiger partial charge is 0.0142 e. The second-order valence-corrected chi connectivity index (χ2v) is 3.12. The lowest BCUT2D eigenvalue weighted by Gasteiger charge is -1.97. The van der Waals surface area contributed by atoms with E-state index in [0.717, 1.165) is 0 Å². The maximum Gasteiger partial charge on any atom is -0.0142 e. The Morgan fingerprint density at radius 2 is 1.82 bits per heavy atom. The summed E-state index contributed by atoms with van der Waals surface area (Å²) in [5, 5.41) is 2.16. The van der Waals surface area contributed by atoms with E-state index in [1.807, 2.05) is 13.0 Å². The molecule has 11 heavy (non-hydrogen) atoms. The molecule has 0 amide bonds. The molecule has 0 aromatic carbocycles. The molecule has 0 fully saturated rings. The standard InChI is InChI=1S/C10H16S/c1-5-6-7-9(2)10(3)8-11-4/h5-8H,1-4H3. The molecule has 0 bridgehead atoms. The summed E-state index contributed by atoms with van der Waals surface area (Å²) in [6.45, 7) is 6.28. The lowest BCUT2D eigenvalue weighted by Crippen LogP contribution is -1.75. The van der Waals surface area contributed by atoms with Crippen molar-refractivity contribution in [2.45, 2.75) is 20.8 Å². The highest BCUT2D eigenvalue weighted by Crippen LogP contribution is 2.11. The fraction of sp³-hybridized carbons (Fsp3) is 0.400. The van der Waals surface area contributed by atoms with Crippen molar-refractivity contribution in [1.82, 2.24) is 0 Å². The average molecular weight is 168 g/mol. The molecule has 0 nitrogen and oxygen atoms in total. The van der Waals surface area contributed by atoms with Gasteiger partial charge in [0.15, 0.2) is 0 Å². The Morgan fingerprint density at radius 1 is 1.18 bits per heavy atom. The number of hydrogen-bond donors (Lipinski definition) is 0. The topological polar surface area (TPSA) is 0 Å². The molecule has 0 aliphatic carbocycles. The van der Waals surface area contributed by atoms with Crippen molar-refractivity contribution in [3.63, 3.8) is 0 Å². The van der Waals surface area contributed by atoms with E-state index in [0.29, 0.717) is 0 Å². The van der Waals surface area contributed by atoms with Crippen LogP contribution in [0.3, 0.4) is 0 Å². The van der Waals surface area contributed by atoms with Crippen molar-refractivity contribution in [2.75, 3.05) is 6.26 Å². The summed E-state index contributed by atoms with van der Waals surface area (Å²) < 4.78 is 0. The van der Waals surface area contributed by atoms with E-state index < -0.39 is 0 Å². The predicted octanol–water partition coefficient (Wildman–Crippen LogP) is 3.78. The molecule has 0 saturated carbocycles. The maximum atomic E-state index is 2.16. The highest BCUT2D eigenvalue weighted by Gasteiger charge is 1.88. The van der Waals surface area contributed by atoms with Gasteiger partial charge in [-0.25, -0.2) is 0 Å². The van der Waals surface area contributed by atoms with E-state index in [4.69, 9.17) is 0 Å². The Bertz CT molecular complexity index is 185. The first-order valence-corrected chi connectivity index (χ1v) is 5.00. The van der Waals surface area contributed by atoms with Gasteiger partial charge in [-0.15, -0.1) is 11.8 Å². The van der Waals surface area contributed by atoms with Crippen LogP contribution < -0.4 is 0 Å². The zero-order valence-corrected chi connectivity index (χ0v) is 8.53. The second-order valence-electron chi connectivity index (χ2n) is 2.41. The van der Waals surface area contributed by atoms with Crippen LogP contribution in [0.25, 0.3) is 0 Å². The van der Waals surface area contributed by atoms with Gasteiger partial charge >= 0.3 is 0 Å². The Labute approximate surface area is 74.1 Å². The summed E-state index contributed by atoms with van der Waals surface area (Å²) >= 11 is 1.74. The minimum absolute atomic E-state index is 1.33. The molecule has 0 spiro atoms. The third-order valence-electron chi connectivity index (χ3n) is 1.46. The molecule has 62 valence electrons. The van der Waals surface area contributed by atoms with Gasteiger partial charge in [-0.2, -0.15) is 0 Å². The Balaban J connectivity index is 4.22. The van der Waals surface area contributed by atoms with Gasteiger partial charge in [0.2, 0.25) is 0 Å². The summed E-state index contributed by atoms with van der Waals surface area (Å²) in [5.74, 6) is 0. The Kier molecular flexibility index (Phi) is 6.05. The van der Waals surface area contributed by atoms with E-state index in [9.17, 15) is 0 Å². The van der Waals surface area contributed by atoms with Crippen LogP contribution in [0.15, 0.2) is 34.8 Å². The van der Waals surface area contributed by atoms with Gasteiger partial charge < -0.3 is 0 Å². The van der Waals surface area contributed by atoms with Gasteiger partial charge in [0.1, 0.15) is 0 Å². The molecule has 0 atom stereocenters. The highest BCUT2D eigenvalue weighted by molar-refractivity contribution is 8.01. The van der Waals surface area contributed by atoms with Gasteiger partial charge in [0.05, 0.1) is 0 Å². The molecule has 0 rings (SSSR count). The lowest BCUT2D eigenvalue weighted by molar-refractivity contribution is 1.36. The van der Waals surface area contributed by atoms with E-state index >= 15 is 0 Å². The van der Waals surface area contributed by atoms with E-state index in [1.165, 1.54) is 11.1 Å². The van der Waals surface area contributed by atoms with Crippen molar-refractivity contribution in [3.8, 4) is 0 Å². The first-order valence-electron chi connectivity index (χ1n) is 3.72. The summed E-state index contributed by atoms with van der Waals surface area (Å²) in [5.41, 5.74) is 2.67. The van der Waals surface area contributed by atoms with Gasteiger partial charge in [-0.1, -0.05) is 18.2 Å². The molecule has 0 N–H and O–H groups in total. The normalized spacial score (nSPS) is 14.5.